The maximum atomic E-state index is 11.5. The van der Waals surface area contributed by atoms with Crippen LogP contribution in [0.3, 0.4) is 0 Å². The number of nitrogens with one attached hydrogen (secondary N) is 1. The summed E-state index contributed by atoms with van der Waals surface area (Å²) in [6.45, 7) is 0. The molecule has 112 valence electrons. The normalized spacial score (nSPS) is 17.6. The molecule has 1 heterocycles. The fourth-order valence-corrected chi connectivity index (χ4v) is 2.62. The predicted molar refractivity (Wildman–Crippen MR) is 75.1 cm³/mol. The molecule has 0 bridgehead atoms. The Balaban J connectivity index is 1.86. The van der Waals surface area contributed by atoms with Crippen molar-refractivity contribution in [1.82, 2.24) is 4.98 Å². The lowest BCUT2D eigenvalue weighted by atomic mass is 10.1. The van der Waals surface area contributed by atoms with Gasteiger partial charge in [-0.1, -0.05) is 0 Å². The lowest BCUT2D eigenvalue weighted by molar-refractivity contribution is -0.384. The summed E-state index contributed by atoms with van der Waals surface area (Å²) in [7, 11) is 1.23. The molecule has 7 heteroatoms. The Morgan fingerprint density at radius 3 is 2.52 bits per heavy atom. The standard InChI is InChI=1S/C14H17N3O4/c1-21-14(18)10-6-11(17(19)20)13(15-7-10)16-12(8-2-3-8)9-4-5-9/h6-9,12H,2-5H2,1H3,(H,15,16). The summed E-state index contributed by atoms with van der Waals surface area (Å²) in [4.78, 5) is 26.2. The number of pyridine rings is 1. The fraction of sp³-hybridized carbons (Fsp3) is 0.571. The van der Waals surface area contributed by atoms with E-state index < -0.39 is 10.9 Å². The van der Waals surface area contributed by atoms with Crippen LogP contribution >= 0.6 is 0 Å². The molecule has 0 spiro atoms. The van der Waals surface area contributed by atoms with Gasteiger partial charge in [-0.3, -0.25) is 10.1 Å². The zero-order valence-corrected chi connectivity index (χ0v) is 11.7. The molecule has 7 nitrogen and oxygen atoms in total. The molecule has 1 aromatic heterocycles. The Morgan fingerprint density at radius 2 is 2.05 bits per heavy atom. The van der Waals surface area contributed by atoms with Crippen LogP contribution in [-0.4, -0.2) is 29.0 Å². The Hall–Kier alpha value is -2.18. The Kier molecular flexibility index (Phi) is 3.48. The van der Waals surface area contributed by atoms with Crippen LogP contribution in [0.25, 0.3) is 0 Å². The van der Waals surface area contributed by atoms with E-state index in [2.05, 4.69) is 15.0 Å². The van der Waals surface area contributed by atoms with E-state index >= 15 is 0 Å². The number of esters is 1. The van der Waals surface area contributed by atoms with Crippen LogP contribution in [0.5, 0.6) is 0 Å². The van der Waals surface area contributed by atoms with Crippen LogP contribution in [0.4, 0.5) is 11.5 Å². The zero-order chi connectivity index (χ0) is 15.0. The molecule has 2 aliphatic carbocycles. The number of aromatic nitrogens is 1. The van der Waals surface area contributed by atoms with Crippen molar-refractivity contribution in [2.45, 2.75) is 31.7 Å². The number of hydrogen-bond acceptors (Lipinski definition) is 6. The molecule has 2 saturated carbocycles. The van der Waals surface area contributed by atoms with Gasteiger partial charge in [0.1, 0.15) is 0 Å². The number of methoxy groups -OCH3 is 1. The highest BCUT2D eigenvalue weighted by Gasteiger charge is 2.42. The number of nitrogens with zero attached hydrogens (tertiary/aromatic N) is 2. The zero-order valence-electron chi connectivity index (χ0n) is 11.7. The van der Waals surface area contributed by atoms with Gasteiger partial charge in [0.2, 0.25) is 5.82 Å². The van der Waals surface area contributed by atoms with Crippen LogP contribution in [0.1, 0.15) is 36.0 Å². The average molecular weight is 291 g/mol. The molecule has 0 aromatic carbocycles. The van der Waals surface area contributed by atoms with Crippen LogP contribution in [0.15, 0.2) is 12.3 Å². The van der Waals surface area contributed by atoms with E-state index in [4.69, 9.17) is 0 Å². The molecule has 3 rings (SSSR count). The maximum absolute atomic E-state index is 11.5. The molecule has 2 aliphatic rings. The minimum atomic E-state index is -0.627. The van der Waals surface area contributed by atoms with Gasteiger partial charge in [0.05, 0.1) is 17.6 Å². The third-order valence-corrected chi connectivity index (χ3v) is 4.05. The molecule has 1 aromatic rings. The number of carbonyl (C=O) groups is 1. The van der Waals surface area contributed by atoms with E-state index in [0.717, 1.165) is 0 Å². The number of ether oxygens (including phenoxy) is 1. The Morgan fingerprint density at radius 1 is 1.43 bits per heavy atom. The topological polar surface area (TPSA) is 94.4 Å². The molecule has 0 aliphatic heterocycles. The number of rotatable bonds is 6. The molecule has 0 amide bonds. The minimum absolute atomic E-state index is 0.0872. The first-order chi connectivity index (χ1) is 10.1. The highest BCUT2D eigenvalue weighted by Crippen LogP contribution is 2.46. The van der Waals surface area contributed by atoms with Gasteiger partial charge in [0.25, 0.3) is 0 Å². The van der Waals surface area contributed by atoms with Gasteiger partial charge >= 0.3 is 11.7 Å². The van der Waals surface area contributed by atoms with Crippen molar-refractivity contribution in [1.29, 1.82) is 0 Å². The van der Waals surface area contributed by atoms with Gasteiger partial charge in [-0.25, -0.2) is 9.78 Å². The van der Waals surface area contributed by atoms with Crippen LogP contribution in [0, 0.1) is 22.0 Å². The first-order valence-corrected chi connectivity index (χ1v) is 7.09. The van der Waals surface area contributed by atoms with E-state index in [1.807, 2.05) is 0 Å². The summed E-state index contributed by atoms with van der Waals surface area (Å²) in [5, 5.41) is 14.4. The quantitative estimate of drug-likeness (QED) is 0.491. The lowest BCUT2D eigenvalue weighted by Gasteiger charge is -2.18. The number of hydrogen-bond donors (Lipinski definition) is 1. The first kappa shape index (κ1) is 13.8. The monoisotopic (exact) mass is 291 g/mol. The van der Waals surface area contributed by atoms with E-state index in [1.165, 1.54) is 45.1 Å². The van der Waals surface area contributed by atoms with Crippen molar-refractivity contribution in [3.8, 4) is 0 Å². The highest BCUT2D eigenvalue weighted by atomic mass is 16.6. The first-order valence-electron chi connectivity index (χ1n) is 7.09. The molecule has 0 saturated heterocycles. The van der Waals surface area contributed by atoms with Crippen LogP contribution in [0.2, 0.25) is 0 Å². The van der Waals surface area contributed by atoms with Crippen molar-refractivity contribution in [2.24, 2.45) is 11.8 Å². The van der Waals surface area contributed by atoms with Gasteiger partial charge < -0.3 is 10.1 Å². The van der Waals surface area contributed by atoms with Gasteiger partial charge in [-0.2, -0.15) is 0 Å². The predicted octanol–water partition coefficient (Wildman–Crippen LogP) is 2.38. The lowest BCUT2D eigenvalue weighted by Crippen LogP contribution is -2.25. The van der Waals surface area contributed by atoms with E-state index in [0.29, 0.717) is 11.8 Å². The molecule has 21 heavy (non-hydrogen) atoms. The summed E-state index contributed by atoms with van der Waals surface area (Å²) >= 11 is 0. The summed E-state index contributed by atoms with van der Waals surface area (Å²) < 4.78 is 4.57. The third kappa shape index (κ3) is 2.96. The summed E-state index contributed by atoms with van der Waals surface area (Å²) in [5.74, 6) is 0.813. The fourth-order valence-electron chi connectivity index (χ4n) is 2.62. The number of anilines is 1. The Labute approximate surface area is 121 Å². The van der Waals surface area contributed by atoms with E-state index in [9.17, 15) is 14.9 Å². The minimum Gasteiger partial charge on any atom is -0.465 e. The van der Waals surface area contributed by atoms with Gasteiger partial charge in [0.15, 0.2) is 0 Å². The van der Waals surface area contributed by atoms with Crippen molar-refractivity contribution in [2.75, 3.05) is 12.4 Å². The molecule has 0 atom stereocenters. The molecule has 0 radical (unpaired) electrons. The second-order valence-electron chi connectivity index (χ2n) is 5.69. The smallest absolute Gasteiger partial charge is 0.339 e. The van der Waals surface area contributed by atoms with Crippen molar-refractivity contribution in [3.63, 3.8) is 0 Å². The van der Waals surface area contributed by atoms with Crippen molar-refractivity contribution >= 4 is 17.5 Å². The summed E-state index contributed by atoms with van der Waals surface area (Å²) in [6.07, 6.45) is 5.99. The van der Waals surface area contributed by atoms with Crippen LogP contribution < -0.4 is 5.32 Å². The average Bonchev–Trinajstić information content (AvgIpc) is 3.37. The van der Waals surface area contributed by atoms with Gasteiger partial charge in [-0.15, -0.1) is 0 Å². The molecule has 0 unspecified atom stereocenters. The number of carbonyl (C=O) groups excluding carboxylic acids is 1. The second kappa shape index (κ2) is 5.31. The molecular formula is C14H17N3O4. The summed E-state index contributed by atoms with van der Waals surface area (Å²) in [6, 6.07) is 1.48. The van der Waals surface area contributed by atoms with Crippen molar-refractivity contribution in [3.05, 3.63) is 27.9 Å². The highest BCUT2D eigenvalue weighted by molar-refractivity contribution is 5.90. The second-order valence-corrected chi connectivity index (χ2v) is 5.69. The Bertz CT molecular complexity index is 570. The van der Waals surface area contributed by atoms with Crippen molar-refractivity contribution < 1.29 is 14.5 Å². The van der Waals surface area contributed by atoms with Gasteiger partial charge in [-0.05, 0) is 37.5 Å². The molecule has 2 fully saturated rings. The van der Waals surface area contributed by atoms with Crippen LogP contribution in [-0.2, 0) is 4.74 Å². The van der Waals surface area contributed by atoms with E-state index in [1.54, 1.807) is 0 Å². The molecule has 1 N–H and O–H groups in total. The maximum Gasteiger partial charge on any atom is 0.339 e. The summed E-state index contributed by atoms with van der Waals surface area (Å²) in [5.41, 5.74) is -0.0895. The van der Waals surface area contributed by atoms with E-state index in [-0.39, 0.29) is 23.1 Å². The van der Waals surface area contributed by atoms with Gasteiger partial charge in [0, 0.05) is 18.3 Å². The molecular weight excluding hydrogens is 274 g/mol. The SMILES string of the molecule is COC(=O)c1cnc(NC(C2CC2)C2CC2)c([N+](=O)[O-])c1. The largest absolute Gasteiger partial charge is 0.465 e. The number of nitro groups is 1. The third-order valence-electron chi connectivity index (χ3n) is 4.05.